The lowest BCUT2D eigenvalue weighted by atomic mass is 9.77. The highest BCUT2D eigenvalue weighted by atomic mass is 16.7. The topological polar surface area (TPSA) is 109 Å². The van der Waals surface area contributed by atoms with Gasteiger partial charge in [-0.15, -0.1) is 0 Å². The van der Waals surface area contributed by atoms with Crippen LogP contribution in [0.5, 0.6) is 0 Å². The van der Waals surface area contributed by atoms with Gasteiger partial charge in [0.15, 0.2) is 0 Å². The van der Waals surface area contributed by atoms with Crippen LogP contribution in [0.25, 0.3) is 6.08 Å². The predicted octanol–water partition coefficient (Wildman–Crippen LogP) is 3.20. The lowest BCUT2D eigenvalue weighted by Gasteiger charge is -2.32. The van der Waals surface area contributed by atoms with Crippen LogP contribution in [0.4, 0.5) is 4.79 Å². The first-order chi connectivity index (χ1) is 15.6. The van der Waals surface area contributed by atoms with E-state index in [9.17, 15) is 9.59 Å². The van der Waals surface area contributed by atoms with Crippen molar-refractivity contribution in [3.63, 3.8) is 0 Å². The molecule has 1 aromatic carbocycles. The Morgan fingerprint density at radius 3 is 2.24 bits per heavy atom. The number of rotatable bonds is 7. The molecule has 1 saturated heterocycles. The van der Waals surface area contributed by atoms with Crippen LogP contribution in [-0.2, 0) is 25.4 Å². The molecule has 33 heavy (non-hydrogen) atoms. The second-order valence-corrected chi connectivity index (χ2v) is 8.55. The molecule has 0 radical (unpaired) electrons. The van der Waals surface area contributed by atoms with Gasteiger partial charge < -0.3 is 24.1 Å². The van der Waals surface area contributed by atoms with E-state index in [1.165, 1.54) is 19.5 Å². The number of methoxy groups -OCH3 is 1. The first-order valence-electron chi connectivity index (χ1n) is 10.5. The molecule has 174 valence electrons. The molecule has 2 aromatic rings. The average molecular weight is 453 g/mol. The van der Waals surface area contributed by atoms with Gasteiger partial charge in [-0.1, -0.05) is 36.4 Å². The van der Waals surface area contributed by atoms with Crippen LogP contribution in [0.15, 0.2) is 48.2 Å². The number of carbonyl (C=O) groups is 2. The first kappa shape index (κ1) is 24.4. The minimum atomic E-state index is -0.704. The van der Waals surface area contributed by atoms with Gasteiger partial charge in [0.1, 0.15) is 6.61 Å². The van der Waals surface area contributed by atoms with Crippen molar-refractivity contribution < 1.29 is 28.4 Å². The highest BCUT2D eigenvalue weighted by Crippen LogP contribution is 2.38. The quantitative estimate of drug-likeness (QED) is 0.503. The average Bonchev–Trinajstić information content (AvgIpc) is 3.02. The molecule has 0 aliphatic carbocycles. The molecule has 1 aliphatic heterocycles. The van der Waals surface area contributed by atoms with Crippen molar-refractivity contribution >= 4 is 25.3 Å². The van der Waals surface area contributed by atoms with Crippen LogP contribution in [0.2, 0.25) is 0 Å². The van der Waals surface area contributed by atoms with Crippen molar-refractivity contribution in [2.75, 3.05) is 13.7 Å². The van der Waals surface area contributed by atoms with E-state index in [0.717, 1.165) is 5.56 Å². The van der Waals surface area contributed by atoms with Gasteiger partial charge in [0, 0.05) is 24.5 Å². The summed E-state index contributed by atoms with van der Waals surface area (Å²) in [6.07, 6.45) is 4.15. The lowest BCUT2D eigenvalue weighted by Crippen LogP contribution is -2.41. The Morgan fingerprint density at radius 2 is 1.67 bits per heavy atom. The maximum Gasteiger partial charge on any atom is 0.492 e. The lowest BCUT2D eigenvalue weighted by molar-refractivity contribution is 0.00578. The zero-order valence-corrected chi connectivity index (χ0v) is 19.5. The molecular formula is C23H28BN3O6. The summed E-state index contributed by atoms with van der Waals surface area (Å²) in [6, 6.07) is 9.40. The third-order valence-electron chi connectivity index (χ3n) is 5.60. The number of nitrogens with zero attached hydrogens (tertiary/aromatic N) is 2. The van der Waals surface area contributed by atoms with Gasteiger partial charge in [-0.25, -0.2) is 19.6 Å². The third kappa shape index (κ3) is 6.18. The number of aromatic nitrogens is 2. The summed E-state index contributed by atoms with van der Waals surface area (Å²) in [5, 5.41) is 2.74. The van der Waals surface area contributed by atoms with Gasteiger partial charge >= 0.3 is 19.2 Å². The number of benzene rings is 1. The standard InChI is InChI=1S/C23H28BN3O6/c1-22(2)23(3,4)33-24(32-22)18(11-17-12-25-19(26-13-17)20(28)30-5)14-27-21(29)31-15-16-9-7-6-8-10-16/h6-13H,14-15H2,1-5H3,(H,27,29). The minimum absolute atomic E-state index is 0.0468. The maximum absolute atomic E-state index is 12.3. The zero-order valence-electron chi connectivity index (χ0n) is 19.5. The summed E-state index contributed by atoms with van der Waals surface area (Å²) in [4.78, 5) is 31.9. The normalized spacial score (nSPS) is 16.9. The molecule has 0 atom stereocenters. The third-order valence-corrected chi connectivity index (χ3v) is 5.60. The van der Waals surface area contributed by atoms with Gasteiger partial charge in [0.25, 0.3) is 0 Å². The fraction of sp³-hybridized carbons (Fsp3) is 0.391. The number of alkyl carbamates (subject to hydrolysis) is 1. The molecular weight excluding hydrogens is 425 g/mol. The van der Waals surface area contributed by atoms with Crippen LogP contribution in [0.1, 0.15) is 49.4 Å². The molecule has 1 fully saturated rings. The van der Waals surface area contributed by atoms with Gasteiger partial charge in [0.05, 0.1) is 18.3 Å². The Morgan fingerprint density at radius 1 is 1.06 bits per heavy atom. The molecule has 0 bridgehead atoms. The summed E-state index contributed by atoms with van der Waals surface area (Å²) in [5.41, 5.74) is 1.01. The van der Waals surface area contributed by atoms with Crippen molar-refractivity contribution in [2.45, 2.75) is 45.5 Å². The summed E-state index contributed by atoms with van der Waals surface area (Å²) in [5.74, 6) is -0.672. The molecule has 1 amide bonds. The Bertz CT molecular complexity index is 993. The Kier molecular flexibility index (Phi) is 7.50. The number of hydrogen-bond donors (Lipinski definition) is 1. The molecule has 0 spiro atoms. The first-order valence-corrected chi connectivity index (χ1v) is 10.5. The molecule has 2 heterocycles. The zero-order chi connectivity index (χ0) is 24.1. The molecule has 0 saturated carbocycles. The predicted molar refractivity (Wildman–Crippen MR) is 122 cm³/mol. The van der Waals surface area contributed by atoms with Gasteiger partial charge in [0.2, 0.25) is 5.82 Å². The largest absolute Gasteiger partial charge is 0.492 e. The van der Waals surface area contributed by atoms with Crippen molar-refractivity contribution in [1.82, 2.24) is 15.3 Å². The fourth-order valence-corrected chi connectivity index (χ4v) is 2.97. The van der Waals surface area contributed by atoms with Gasteiger partial charge in [-0.3, -0.25) is 0 Å². The second-order valence-electron chi connectivity index (χ2n) is 8.55. The smallest absolute Gasteiger partial charge is 0.463 e. The van der Waals surface area contributed by atoms with Crippen LogP contribution < -0.4 is 5.32 Å². The molecule has 1 aromatic heterocycles. The minimum Gasteiger partial charge on any atom is -0.463 e. The number of carbonyl (C=O) groups excluding carboxylic acids is 2. The highest BCUT2D eigenvalue weighted by molar-refractivity contribution is 6.56. The maximum atomic E-state index is 12.3. The summed E-state index contributed by atoms with van der Waals surface area (Å²) in [6.45, 7) is 8.05. The number of esters is 1. The fourth-order valence-electron chi connectivity index (χ4n) is 2.97. The van der Waals surface area contributed by atoms with Crippen LogP contribution >= 0.6 is 0 Å². The van der Waals surface area contributed by atoms with Gasteiger partial charge in [-0.2, -0.15) is 0 Å². The Hall–Kier alpha value is -3.24. The second kappa shape index (κ2) is 10.1. The van der Waals surface area contributed by atoms with E-state index in [2.05, 4.69) is 20.0 Å². The number of hydrogen-bond acceptors (Lipinski definition) is 8. The summed E-state index contributed by atoms with van der Waals surface area (Å²) < 4.78 is 22.2. The van der Waals surface area contributed by atoms with E-state index in [4.69, 9.17) is 14.0 Å². The SMILES string of the molecule is COC(=O)c1ncc(C=C(CNC(=O)OCc2ccccc2)B2OC(C)(C)C(C)(C)O2)cn1. The molecule has 9 nitrogen and oxygen atoms in total. The molecule has 1 N–H and O–H groups in total. The Balaban J connectivity index is 1.73. The molecule has 0 unspecified atom stereocenters. The molecule has 1 aliphatic rings. The van der Waals surface area contributed by atoms with E-state index < -0.39 is 30.4 Å². The van der Waals surface area contributed by atoms with Crippen LogP contribution in [-0.4, -0.2) is 54.0 Å². The summed E-state index contributed by atoms with van der Waals surface area (Å²) in [7, 11) is 0.558. The van der Waals surface area contributed by atoms with E-state index >= 15 is 0 Å². The van der Waals surface area contributed by atoms with Crippen molar-refractivity contribution in [3.8, 4) is 0 Å². The molecule has 10 heteroatoms. The van der Waals surface area contributed by atoms with E-state index in [-0.39, 0.29) is 19.0 Å². The number of ether oxygens (including phenoxy) is 2. The van der Waals surface area contributed by atoms with Crippen LogP contribution in [0, 0.1) is 0 Å². The van der Waals surface area contributed by atoms with Gasteiger partial charge in [-0.05, 0) is 38.7 Å². The van der Waals surface area contributed by atoms with Crippen molar-refractivity contribution in [2.24, 2.45) is 0 Å². The summed E-state index contributed by atoms with van der Waals surface area (Å²) >= 11 is 0. The van der Waals surface area contributed by atoms with E-state index in [1.807, 2.05) is 58.0 Å². The highest BCUT2D eigenvalue weighted by Gasteiger charge is 2.52. The Labute approximate surface area is 193 Å². The molecule has 3 rings (SSSR count). The van der Waals surface area contributed by atoms with Crippen molar-refractivity contribution in [1.29, 1.82) is 0 Å². The van der Waals surface area contributed by atoms with Crippen molar-refractivity contribution in [3.05, 3.63) is 65.1 Å². The number of nitrogens with one attached hydrogen (secondary N) is 1. The number of amides is 1. The van der Waals surface area contributed by atoms with E-state index in [1.54, 1.807) is 6.08 Å². The van der Waals surface area contributed by atoms with Crippen LogP contribution in [0.3, 0.4) is 0 Å². The monoisotopic (exact) mass is 453 g/mol. The van der Waals surface area contributed by atoms with E-state index in [0.29, 0.717) is 11.0 Å².